The molecule has 0 radical (unpaired) electrons. The third kappa shape index (κ3) is 6.97. The predicted molar refractivity (Wildman–Crippen MR) is 214 cm³/mol. The summed E-state index contributed by atoms with van der Waals surface area (Å²) in [4.78, 5) is 24.3. The molecule has 4 fully saturated rings. The summed E-state index contributed by atoms with van der Waals surface area (Å²) in [5.74, 6) is 4.84. The number of sulfone groups is 1. The van der Waals surface area contributed by atoms with Crippen LogP contribution in [0.25, 0.3) is 0 Å². The summed E-state index contributed by atoms with van der Waals surface area (Å²) in [5.41, 5.74) is 3.28. The van der Waals surface area contributed by atoms with Crippen molar-refractivity contribution < 1.29 is 37.3 Å². The number of carbonyl (C=O) groups excluding carboxylic acids is 2. The van der Waals surface area contributed by atoms with Gasteiger partial charge in [0.2, 0.25) is 9.84 Å². The molecule has 8 nitrogen and oxygen atoms in total. The standard InChI is InChI=1S/C48H40O8S/c49-30-31-1-11-40(12-2-31)54-42-17-21-45(22-18-42)57(52,53)46-23-19-43(20-24-46)55-41-13-3-34(4-14-41)47(51)56-44-15-7-36(8-16-44)48(35-5-9-39(50)10-6-35)37-26-32-25-33(28-37)29-38(48)27-32/h1-24,30,32-33,37-38,50H,25-29H2. The first-order valence-corrected chi connectivity index (χ1v) is 20.7. The van der Waals surface area contributed by atoms with Crippen LogP contribution in [0.1, 0.15) is 63.9 Å². The van der Waals surface area contributed by atoms with E-state index in [1.807, 2.05) is 12.1 Å². The lowest BCUT2D eigenvalue weighted by molar-refractivity contribution is -0.0418. The van der Waals surface area contributed by atoms with E-state index in [0.29, 0.717) is 51.7 Å². The van der Waals surface area contributed by atoms with Crippen molar-refractivity contribution in [2.75, 3.05) is 0 Å². The van der Waals surface area contributed by atoms with Crippen molar-refractivity contribution in [2.24, 2.45) is 23.7 Å². The Morgan fingerprint density at radius 2 is 0.947 bits per heavy atom. The number of benzene rings is 6. The zero-order valence-electron chi connectivity index (χ0n) is 31.0. The summed E-state index contributed by atoms with van der Waals surface area (Å²) in [7, 11) is -3.81. The highest BCUT2D eigenvalue weighted by atomic mass is 32.2. The van der Waals surface area contributed by atoms with Crippen molar-refractivity contribution in [1.29, 1.82) is 0 Å². The van der Waals surface area contributed by atoms with Crippen LogP contribution in [-0.2, 0) is 15.3 Å². The number of hydrogen-bond donors (Lipinski definition) is 1. The van der Waals surface area contributed by atoms with Gasteiger partial charge in [-0.2, -0.15) is 0 Å². The molecule has 286 valence electrons. The summed E-state index contributed by atoms with van der Waals surface area (Å²) in [6, 6.07) is 41.3. The van der Waals surface area contributed by atoms with Crippen molar-refractivity contribution in [1.82, 2.24) is 0 Å². The highest BCUT2D eigenvalue weighted by Crippen LogP contribution is 2.65. The molecule has 1 N–H and O–H groups in total. The Labute approximate surface area is 331 Å². The molecule has 0 saturated heterocycles. The summed E-state index contributed by atoms with van der Waals surface area (Å²) in [6.07, 6.45) is 7.02. The molecule has 0 spiro atoms. The fourth-order valence-corrected chi connectivity index (χ4v) is 11.1. The van der Waals surface area contributed by atoms with Gasteiger partial charge < -0.3 is 19.3 Å². The molecule has 4 aliphatic carbocycles. The molecule has 6 aromatic rings. The lowest BCUT2D eigenvalue weighted by Gasteiger charge is -2.62. The van der Waals surface area contributed by atoms with Gasteiger partial charge in [0, 0.05) is 11.0 Å². The minimum Gasteiger partial charge on any atom is -0.508 e. The van der Waals surface area contributed by atoms with E-state index in [1.165, 1.54) is 67.5 Å². The minimum absolute atomic E-state index is 0.104. The molecular formula is C48H40O8S. The van der Waals surface area contributed by atoms with Gasteiger partial charge in [0.1, 0.15) is 40.8 Å². The molecule has 6 aromatic carbocycles. The van der Waals surface area contributed by atoms with Gasteiger partial charge in [-0.15, -0.1) is 0 Å². The first kappa shape index (κ1) is 36.4. The van der Waals surface area contributed by atoms with E-state index in [1.54, 1.807) is 84.9 Å². The Bertz CT molecular complexity index is 2480. The quantitative estimate of drug-likeness (QED) is 0.0785. The van der Waals surface area contributed by atoms with Crippen LogP contribution in [-0.4, -0.2) is 25.8 Å². The third-order valence-corrected chi connectivity index (χ3v) is 13.9. The van der Waals surface area contributed by atoms with Gasteiger partial charge in [0.15, 0.2) is 0 Å². The number of rotatable bonds is 11. The van der Waals surface area contributed by atoms with Crippen LogP contribution in [0.3, 0.4) is 0 Å². The highest BCUT2D eigenvalue weighted by molar-refractivity contribution is 7.91. The fraction of sp³-hybridized carbons (Fsp3) is 0.208. The van der Waals surface area contributed by atoms with E-state index in [9.17, 15) is 23.1 Å². The summed E-state index contributed by atoms with van der Waals surface area (Å²) >= 11 is 0. The molecule has 4 aliphatic rings. The summed E-state index contributed by atoms with van der Waals surface area (Å²) in [6.45, 7) is 0. The zero-order chi connectivity index (χ0) is 39.1. The number of carbonyl (C=O) groups is 2. The zero-order valence-corrected chi connectivity index (χ0v) is 31.8. The van der Waals surface area contributed by atoms with Gasteiger partial charge in [-0.25, -0.2) is 13.2 Å². The molecule has 0 aliphatic heterocycles. The summed E-state index contributed by atoms with van der Waals surface area (Å²) < 4.78 is 44.2. The van der Waals surface area contributed by atoms with Crippen LogP contribution in [0.4, 0.5) is 0 Å². The second kappa shape index (κ2) is 14.7. The van der Waals surface area contributed by atoms with Crippen LogP contribution in [0.15, 0.2) is 155 Å². The number of ether oxygens (including phenoxy) is 3. The average Bonchev–Trinajstić information content (AvgIpc) is 3.23. The normalized spacial score (nSPS) is 22.1. The van der Waals surface area contributed by atoms with Crippen molar-refractivity contribution in [2.45, 2.75) is 47.3 Å². The van der Waals surface area contributed by atoms with Crippen molar-refractivity contribution in [3.63, 3.8) is 0 Å². The number of aromatic hydroxyl groups is 1. The lowest BCUT2D eigenvalue weighted by atomic mass is 9.42. The third-order valence-electron chi connectivity index (χ3n) is 12.2. The molecule has 57 heavy (non-hydrogen) atoms. The molecule has 4 saturated carbocycles. The maximum atomic E-state index is 13.3. The second-order valence-electron chi connectivity index (χ2n) is 15.5. The molecule has 10 rings (SSSR count). The van der Waals surface area contributed by atoms with E-state index >= 15 is 0 Å². The average molecular weight is 777 g/mol. The van der Waals surface area contributed by atoms with E-state index in [4.69, 9.17) is 14.2 Å². The Morgan fingerprint density at radius 3 is 1.40 bits per heavy atom. The van der Waals surface area contributed by atoms with Crippen LogP contribution >= 0.6 is 0 Å². The van der Waals surface area contributed by atoms with Crippen molar-refractivity contribution in [3.8, 4) is 34.5 Å². The lowest BCUT2D eigenvalue weighted by Crippen LogP contribution is -2.56. The fourth-order valence-electron chi connectivity index (χ4n) is 9.79. The molecule has 9 heteroatoms. The van der Waals surface area contributed by atoms with Gasteiger partial charge in [-0.1, -0.05) is 24.3 Å². The highest BCUT2D eigenvalue weighted by Gasteiger charge is 2.58. The topological polar surface area (TPSA) is 116 Å². The molecule has 0 amide bonds. The van der Waals surface area contributed by atoms with E-state index in [2.05, 4.69) is 24.3 Å². The molecule has 0 unspecified atom stereocenters. The Hall–Kier alpha value is -6.19. The van der Waals surface area contributed by atoms with Crippen LogP contribution in [0, 0.1) is 23.7 Å². The Morgan fingerprint density at radius 1 is 0.544 bits per heavy atom. The Balaban J connectivity index is 0.834. The number of hydrogen-bond acceptors (Lipinski definition) is 8. The van der Waals surface area contributed by atoms with Crippen molar-refractivity contribution in [3.05, 3.63) is 168 Å². The van der Waals surface area contributed by atoms with E-state index in [-0.39, 0.29) is 21.0 Å². The first-order valence-electron chi connectivity index (χ1n) is 19.3. The van der Waals surface area contributed by atoms with Gasteiger partial charge in [0.25, 0.3) is 0 Å². The monoisotopic (exact) mass is 776 g/mol. The van der Waals surface area contributed by atoms with Gasteiger partial charge in [-0.05, 0) is 188 Å². The van der Waals surface area contributed by atoms with Crippen molar-refractivity contribution >= 4 is 22.1 Å². The molecular weight excluding hydrogens is 737 g/mol. The molecule has 0 heterocycles. The van der Waals surface area contributed by atoms with E-state index < -0.39 is 15.8 Å². The Kier molecular flexibility index (Phi) is 9.41. The molecule has 4 bridgehead atoms. The predicted octanol–water partition coefficient (Wildman–Crippen LogP) is 10.6. The SMILES string of the molecule is O=Cc1ccc(Oc2ccc(S(=O)(=O)c3ccc(Oc4ccc(C(=O)Oc5ccc(C6(c7ccc(O)cc7)C7CC8CC(C7)CC6C8)cc5)cc4)cc3)cc2)cc1. The molecule has 0 atom stereocenters. The van der Waals surface area contributed by atoms with Crippen LogP contribution < -0.4 is 14.2 Å². The number of phenols is 1. The maximum Gasteiger partial charge on any atom is 0.343 e. The summed E-state index contributed by atoms with van der Waals surface area (Å²) in [5, 5.41) is 10.1. The number of esters is 1. The maximum absolute atomic E-state index is 13.3. The first-order chi connectivity index (χ1) is 27.7. The van der Waals surface area contributed by atoms with E-state index in [0.717, 1.165) is 18.1 Å². The van der Waals surface area contributed by atoms with Gasteiger partial charge in [-0.3, -0.25) is 4.79 Å². The van der Waals surface area contributed by atoms with Crippen LogP contribution in [0.2, 0.25) is 0 Å². The smallest absolute Gasteiger partial charge is 0.343 e. The molecule has 0 aromatic heterocycles. The van der Waals surface area contributed by atoms with Gasteiger partial charge >= 0.3 is 5.97 Å². The van der Waals surface area contributed by atoms with Gasteiger partial charge in [0.05, 0.1) is 15.4 Å². The largest absolute Gasteiger partial charge is 0.508 e. The number of aldehydes is 1. The number of phenolic OH excluding ortho intramolecular Hbond substituents is 1. The minimum atomic E-state index is -3.81. The van der Waals surface area contributed by atoms with Crippen LogP contribution in [0.5, 0.6) is 34.5 Å². The second-order valence-corrected chi connectivity index (χ2v) is 17.4.